The maximum Gasteiger partial charge on any atom is 0.240 e. The minimum atomic E-state index is -3.68. The van der Waals surface area contributed by atoms with Crippen molar-refractivity contribution in [2.24, 2.45) is 0 Å². The van der Waals surface area contributed by atoms with Crippen molar-refractivity contribution in [1.29, 1.82) is 0 Å². The lowest BCUT2D eigenvalue weighted by Gasteiger charge is -2.12. The third-order valence-electron chi connectivity index (χ3n) is 3.51. The van der Waals surface area contributed by atoms with Crippen LogP contribution in [0.5, 0.6) is 0 Å². The Balaban J connectivity index is 2.10. The molecule has 0 radical (unpaired) electrons. The molecule has 1 amide bonds. The largest absolute Gasteiger partial charge is 0.325 e. The number of pyridine rings is 1. The van der Waals surface area contributed by atoms with E-state index in [1.165, 1.54) is 6.07 Å². The first-order chi connectivity index (χ1) is 11.8. The zero-order valence-electron chi connectivity index (χ0n) is 14.0. The predicted molar refractivity (Wildman–Crippen MR) is 101 cm³/mol. The predicted octanol–water partition coefficient (Wildman–Crippen LogP) is 2.63. The molecule has 1 unspecified atom stereocenters. The SMILES string of the molecule is Cc1ccc(NC(=O)C(C)Br)cc1S(=O)(=O)NCCc1ccccn1. The standard InChI is InChI=1S/C17H20BrN3O3S/c1-12-6-7-15(21-17(22)13(2)18)11-16(12)25(23,24)20-10-8-14-5-3-4-9-19-14/h3-7,9,11,13,20H,8,10H2,1-2H3,(H,21,22). The van der Waals surface area contributed by atoms with Gasteiger partial charge in [0.2, 0.25) is 15.9 Å². The average Bonchev–Trinajstić information content (AvgIpc) is 2.57. The highest BCUT2D eigenvalue weighted by molar-refractivity contribution is 9.10. The summed E-state index contributed by atoms with van der Waals surface area (Å²) in [5.74, 6) is -0.240. The van der Waals surface area contributed by atoms with Gasteiger partial charge in [-0.1, -0.05) is 28.1 Å². The molecule has 8 heteroatoms. The topological polar surface area (TPSA) is 88.2 Å². The van der Waals surface area contributed by atoms with Crippen LogP contribution in [0.1, 0.15) is 18.2 Å². The number of benzene rings is 1. The molecule has 1 aromatic heterocycles. The fourth-order valence-corrected chi connectivity index (χ4v) is 3.56. The molecular formula is C17H20BrN3O3S. The molecular weight excluding hydrogens is 406 g/mol. The number of alkyl halides is 1. The molecule has 1 atom stereocenters. The Morgan fingerprint density at radius 2 is 2.04 bits per heavy atom. The number of aryl methyl sites for hydroxylation is 1. The number of hydrogen-bond acceptors (Lipinski definition) is 4. The van der Waals surface area contributed by atoms with Crippen molar-refractivity contribution in [3.63, 3.8) is 0 Å². The fraction of sp³-hybridized carbons (Fsp3) is 0.294. The third kappa shape index (κ3) is 5.62. The first-order valence-electron chi connectivity index (χ1n) is 7.75. The van der Waals surface area contributed by atoms with E-state index >= 15 is 0 Å². The second kappa shape index (κ2) is 8.55. The summed E-state index contributed by atoms with van der Waals surface area (Å²) >= 11 is 3.18. The van der Waals surface area contributed by atoms with Gasteiger partial charge in [0, 0.05) is 30.5 Å². The normalized spacial score (nSPS) is 12.6. The van der Waals surface area contributed by atoms with Gasteiger partial charge in [-0.05, 0) is 43.7 Å². The Kier molecular flexibility index (Phi) is 6.69. The second-order valence-electron chi connectivity index (χ2n) is 5.55. The van der Waals surface area contributed by atoms with E-state index in [0.717, 1.165) is 5.69 Å². The number of aromatic nitrogens is 1. The summed E-state index contributed by atoms with van der Waals surface area (Å²) in [6.07, 6.45) is 2.17. The molecule has 2 aromatic rings. The lowest BCUT2D eigenvalue weighted by atomic mass is 10.2. The molecule has 0 spiro atoms. The van der Waals surface area contributed by atoms with Crippen molar-refractivity contribution in [1.82, 2.24) is 9.71 Å². The molecule has 0 bridgehead atoms. The summed E-state index contributed by atoms with van der Waals surface area (Å²) in [7, 11) is -3.68. The number of rotatable bonds is 7. The van der Waals surface area contributed by atoms with Crippen LogP contribution >= 0.6 is 15.9 Å². The molecule has 1 aromatic carbocycles. The summed E-state index contributed by atoms with van der Waals surface area (Å²) in [5.41, 5.74) is 1.86. The van der Waals surface area contributed by atoms with Crippen LogP contribution in [-0.4, -0.2) is 30.7 Å². The molecule has 0 aliphatic carbocycles. The van der Waals surface area contributed by atoms with Crippen LogP contribution in [0.2, 0.25) is 0 Å². The molecule has 0 aliphatic heterocycles. The number of carbonyl (C=O) groups excluding carboxylic acids is 1. The summed E-state index contributed by atoms with van der Waals surface area (Å²) in [4.78, 5) is 15.7. The number of nitrogens with zero attached hydrogens (tertiary/aromatic N) is 1. The van der Waals surface area contributed by atoms with Gasteiger partial charge in [-0.25, -0.2) is 13.1 Å². The van der Waals surface area contributed by atoms with Gasteiger partial charge in [-0.15, -0.1) is 0 Å². The lowest BCUT2D eigenvalue weighted by Crippen LogP contribution is -2.27. The van der Waals surface area contributed by atoms with E-state index < -0.39 is 10.0 Å². The highest BCUT2D eigenvalue weighted by atomic mass is 79.9. The maximum atomic E-state index is 12.6. The first-order valence-corrected chi connectivity index (χ1v) is 10.1. The van der Waals surface area contributed by atoms with Gasteiger partial charge in [0.25, 0.3) is 0 Å². The number of halogens is 1. The Bertz CT molecular complexity index is 839. The van der Waals surface area contributed by atoms with Crippen molar-refractivity contribution >= 4 is 37.5 Å². The van der Waals surface area contributed by atoms with Gasteiger partial charge in [-0.3, -0.25) is 9.78 Å². The molecule has 0 saturated heterocycles. The summed E-state index contributed by atoms with van der Waals surface area (Å²) < 4.78 is 27.7. The molecule has 2 rings (SSSR count). The quantitative estimate of drug-likeness (QED) is 0.667. The Morgan fingerprint density at radius 1 is 1.28 bits per heavy atom. The van der Waals surface area contributed by atoms with Gasteiger partial charge in [0.05, 0.1) is 9.72 Å². The fourth-order valence-electron chi connectivity index (χ4n) is 2.15. The first kappa shape index (κ1) is 19.6. The minimum absolute atomic E-state index is 0.147. The molecule has 0 fully saturated rings. The number of hydrogen-bond donors (Lipinski definition) is 2. The second-order valence-corrected chi connectivity index (χ2v) is 8.66. The van der Waals surface area contributed by atoms with E-state index in [0.29, 0.717) is 17.7 Å². The zero-order chi connectivity index (χ0) is 18.4. The summed E-state index contributed by atoms with van der Waals surface area (Å²) in [6, 6.07) is 10.3. The van der Waals surface area contributed by atoms with Crippen LogP contribution in [0.15, 0.2) is 47.5 Å². The van der Waals surface area contributed by atoms with E-state index in [4.69, 9.17) is 0 Å². The van der Waals surface area contributed by atoms with Crippen LogP contribution in [0.3, 0.4) is 0 Å². The molecule has 2 N–H and O–H groups in total. The van der Waals surface area contributed by atoms with Crippen LogP contribution in [0.4, 0.5) is 5.69 Å². The van der Waals surface area contributed by atoms with Crippen molar-refractivity contribution in [3.8, 4) is 0 Å². The number of nitrogens with one attached hydrogen (secondary N) is 2. The van der Waals surface area contributed by atoms with E-state index in [2.05, 4.69) is 31.0 Å². The molecule has 25 heavy (non-hydrogen) atoms. The van der Waals surface area contributed by atoms with Crippen LogP contribution < -0.4 is 10.0 Å². The summed E-state index contributed by atoms with van der Waals surface area (Å²) in [5, 5.41) is 2.67. The van der Waals surface area contributed by atoms with Crippen molar-refractivity contribution in [3.05, 3.63) is 53.9 Å². The number of amides is 1. The van der Waals surface area contributed by atoms with Crippen LogP contribution in [0, 0.1) is 6.92 Å². The van der Waals surface area contributed by atoms with E-state index in [1.807, 2.05) is 18.2 Å². The lowest BCUT2D eigenvalue weighted by molar-refractivity contribution is -0.115. The Morgan fingerprint density at radius 3 is 2.68 bits per heavy atom. The highest BCUT2D eigenvalue weighted by Gasteiger charge is 2.18. The number of anilines is 1. The zero-order valence-corrected chi connectivity index (χ0v) is 16.4. The van der Waals surface area contributed by atoms with Crippen molar-refractivity contribution in [2.75, 3.05) is 11.9 Å². The van der Waals surface area contributed by atoms with Gasteiger partial charge in [-0.2, -0.15) is 0 Å². The monoisotopic (exact) mass is 425 g/mol. The highest BCUT2D eigenvalue weighted by Crippen LogP contribution is 2.20. The minimum Gasteiger partial charge on any atom is -0.325 e. The summed E-state index contributed by atoms with van der Waals surface area (Å²) in [6.45, 7) is 3.65. The number of sulfonamides is 1. The smallest absolute Gasteiger partial charge is 0.240 e. The average molecular weight is 426 g/mol. The van der Waals surface area contributed by atoms with Gasteiger partial charge in [0.1, 0.15) is 0 Å². The molecule has 0 saturated carbocycles. The van der Waals surface area contributed by atoms with E-state index in [1.54, 1.807) is 32.2 Å². The number of carbonyl (C=O) groups is 1. The molecule has 134 valence electrons. The van der Waals surface area contributed by atoms with Gasteiger partial charge in [0.15, 0.2) is 0 Å². The Labute approximate surface area is 156 Å². The van der Waals surface area contributed by atoms with Crippen molar-refractivity contribution in [2.45, 2.75) is 30.0 Å². The third-order valence-corrected chi connectivity index (χ3v) is 5.52. The molecule has 6 nitrogen and oxygen atoms in total. The van der Waals surface area contributed by atoms with Crippen LogP contribution in [-0.2, 0) is 21.2 Å². The van der Waals surface area contributed by atoms with E-state index in [-0.39, 0.29) is 22.2 Å². The van der Waals surface area contributed by atoms with Gasteiger partial charge < -0.3 is 5.32 Å². The van der Waals surface area contributed by atoms with Crippen molar-refractivity contribution < 1.29 is 13.2 Å². The molecule has 0 aliphatic rings. The van der Waals surface area contributed by atoms with Gasteiger partial charge >= 0.3 is 0 Å². The maximum absolute atomic E-state index is 12.6. The molecule has 1 heterocycles. The van der Waals surface area contributed by atoms with Crippen LogP contribution in [0.25, 0.3) is 0 Å². The Hall–Kier alpha value is -1.77. The van der Waals surface area contributed by atoms with E-state index in [9.17, 15) is 13.2 Å².